The maximum atomic E-state index is 12.4. The number of carbonyl (C=O) groups is 4. The summed E-state index contributed by atoms with van der Waals surface area (Å²) >= 11 is 27.6. The van der Waals surface area contributed by atoms with Crippen LogP contribution in [0.4, 0.5) is 11.4 Å². The number of carboxylic acid groups (broad SMARTS) is 1. The molecule has 0 saturated heterocycles. The van der Waals surface area contributed by atoms with Crippen molar-refractivity contribution in [1.29, 1.82) is 0 Å². The number of primary amides is 2. The summed E-state index contributed by atoms with van der Waals surface area (Å²) in [6, 6.07) is 20.5. The summed E-state index contributed by atoms with van der Waals surface area (Å²) < 4.78 is 18.7. The Hall–Kier alpha value is -7.14. The number of nitrogens with two attached hydrogens (primary N) is 3. The smallest absolute Gasteiger partial charge is 0.337 e. The molecule has 0 spiro atoms. The maximum Gasteiger partial charge on any atom is 0.337 e. The largest absolute Gasteiger partial charge is 0.478 e. The van der Waals surface area contributed by atoms with Gasteiger partial charge in [0.05, 0.1) is 31.9 Å². The Morgan fingerprint density at radius 1 is 0.638 bits per heavy atom. The van der Waals surface area contributed by atoms with E-state index in [2.05, 4.69) is 78.0 Å². The van der Waals surface area contributed by atoms with E-state index in [0.717, 1.165) is 18.8 Å². The number of rotatable bonds is 6. The second kappa shape index (κ2) is 21.4. The first-order chi connectivity index (χ1) is 32.9. The van der Waals surface area contributed by atoms with Gasteiger partial charge in [-0.3, -0.25) is 34.1 Å². The highest BCUT2D eigenvalue weighted by Crippen LogP contribution is 2.35. The molecule has 0 bridgehead atoms. The fourth-order valence-corrected chi connectivity index (χ4v) is 7.95. The average Bonchev–Trinajstić information content (AvgIpc) is 3.98. The zero-order valence-electron chi connectivity index (χ0n) is 34.4. The number of aromatic amines is 1. The highest BCUT2D eigenvalue weighted by Gasteiger charge is 2.23. The van der Waals surface area contributed by atoms with Gasteiger partial charge in [0.1, 0.15) is 33.8 Å². The van der Waals surface area contributed by atoms with Crippen LogP contribution >= 0.6 is 82.6 Å². The number of aromatic nitrogens is 5. The van der Waals surface area contributed by atoms with Crippen LogP contribution in [0.1, 0.15) is 41.8 Å². The van der Waals surface area contributed by atoms with Crippen LogP contribution in [0, 0.1) is 0 Å². The molecule has 0 aliphatic rings. The number of hydrogen-bond acceptors (Lipinski definition) is 13. The Morgan fingerprint density at radius 2 is 1.13 bits per heavy atom. The summed E-state index contributed by atoms with van der Waals surface area (Å²) in [5.74, 6) is -2.71. The van der Waals surface area contributed by atoms with Crippen molar-refractivity contribution >= 4 is 162 Å². The highest BCUT2D eigenvalue weighted by atomic mass is 79.9. The van der Waals surface area contributed by atoms with Gasteiger partial charge in [0.25, 0.3) is 23.3 Å². The fraction of sp³-hybridized carbons (Fsp3) is 0. The number of halogens is 6. The monoisotopic (exact) mass is 1180 g/mol. The summed E-state index contributed by atoms with van der Waals surface area (Å²) in [6.07, 6.45) is 8.58. The molecule has 7 heterocycles. The van der Waals surface area contributed by atoms with Crippen molar-refractivity contribution in [2.24, 2.45) is 11.5 Å². The highest BCUT2D eigenvalue weighted by molar-refractivity contribution is 9.11. The Kier molecular flexibility index (Phi) is 15.5. The standard InChI is InChI=1S/C15H9BrClN3O3.C15H7BrClN3O2.C9H7BrN2O2.C6H4ClNO2/c16-7-1-2-11-9(5-7)12(13(23-11)14(18)21)20-15(22)8-3-4-19-6-10(8)17;16-7-1-2-11-9(5-7)12-13(22-11)15(21)20-14(19-12)8-3-4-18-6-10(8)17;10-4-1-2-6-5(3-4)7(11)8(14-6)9(12)13;7-5-3-8-2-1-4(5)6(9)10/h1-6H,(H2,18,21)(H,20,22);1-6H,(H,19,20,21);1-3H,11H2,(H2,12,13);1-3H,(H,9,10). The van der Waals surface area contributed by atoms with Crippen LogP contribution < -0.4 is 28.1 Å². The van der Waals surface area contributed by atoms with Crippen molar-refractivity contribution in [2.75, 3.05) is 11.1 Å². The van der Waals surface area contributed by atoms with Gasteiger partial charge in [-0.05, 0) is 72.8 Å². The zero-order valence-corrected chi connectivity index (χ0v) is 41.4. The van der Waals surface area contributed by atoms with Gasteiger partial charge in [0, 0.05) is 72.3 Å². The zero-order chi connectivity index (χ0) is 49.7. The Labute approximate surface area is 426 Å². The molecule has 0 aliphatic carbocycles. The minimum atomic E-state index is -1.03. The molecular weight excluding hydrogens is 1160 g/mol. The van der Waals surface area contributed by atoms with E-state index in [-0.39, 0.29) is 55.2 Å². The molecule has 7 aromatic heterocycles. The van der Waals surface area contributed by atoms with Crippen LogP contribution in [0.15, 0.2) is 141 Å². The number of carboxylic acids is 1. The molecule has 0 unspecified atom stereocenters. The predicted molar refractivity (Wildman–Crippen MR) is 271 cm³/mol. The molecular formula is C45H27Br3Cl3N9O9. The van der Waals surface area contributed by atoms with E-state index in [1.807, 2.05) is 12.1 Å². The van der Waals surface area contributed by atoms with Crippen LogP contribution in [-0.2, 0) is 0 Å². The molecule has 0 fully saturated rings. The Bertz CT molecular complexity index is 3710. The second-order valence-corrected chi connectivity index (χ2v) is 17.8. The topological polar surface area (TPSA) is 302 Å². The van der Waals surface area contributed by atoms with Gasteiger partial charge in [-0.1, -0.05) is 82.6 Å². The van der Waals surface area contributed by atoms with Gasteiger partial charge >= 0.3 is 5.97 Å². The molecule has 3 aromatic carbocycles. The third kappa shape index (κ3) is 11.3. The summed E-state index contributed by atoms with van der Waals surface area (Å²) in [4.78, 5) is 76.1. The van der Waals surface area contributed by atoms with E-state index in [1.165, 1.54) is 43.1 Å². The fourth-order valence-electron chi connectivity index (χ4n) is 6.25. The number of nitrogen functional groups attached to an aromatic ring is 1. The number of nitrogens with zero attached hydrogens (tertiary/aromatic N) is 4. The average molecular weight is 1180 g/mol. The van der Waals surface area contributed by atoms with Crippen molar-refractivity contribution in [2.45, 2.75) is 0 Å². The van der Waals surface area contributed by atoms with Crippen molar-refractivity contribution < 1.29 is 37.5 Å². The number of anilines is 2. The van der Waals surface area contributed by atoms with Gasteiger partial charge in [0.2, 0.25) is 17.1 Å². The third-order valence-electron chi connectivity index (χ3n) is 9.36. The number of pyridine rings is 3. The number of fused-ring (bicyclic) bond motifs is 5. The Morgan fingerprint density at radius 3 is 1.67 bits per heavy atom. The lowest BCUT2D eigenvalue weighted by atomic mass is 10.2. The van der Waals surface area contributed by atoms with Crippen LogP contribution in [0.5, 0.6) is 0 Å². The molecule has 10 aromatic rings. The second-order valence-electron chi connectivity index (χ2n) is 13.8. The minimum absolute atomic E-state index is 0.0121. The Balaban J connectivity index is 0.000000142. The number of H-pyrrole nitrogens is 1. The van der Waals surface area contributed by atoms with E-state index in [0.29, 0.717) is 49.4 Å². The lowest BCUT2D eigenvalue weighted by Gasteiger charge is -2.06. The van der Waals surface area contributed by atoms with Crippen LogP contribution in [0.3, 0.4) is 0 Å². The molecule has 69 heavy (non-hydrogen) atoms. The first-order valence-electron chi connectivity index (χ1n) is 19.2. The van der Waals surface area contributed by atoms with E-state index in [1.54, 1.807) is 54.7 Å². The number of amides is 3. The number of benzene rings is 3. The third-order valence-corrected chi connectivity index (χ3v) is 11.7. The maximum absolute atomic E-state index is 12.4. The van der Waals surface area contributed by atoms with Gasteiger partial charge < -0.3 is 45.9 Å². The van der Waals surface area contributed by atoms with Gasteiger partial charge in [-0.2, -0.15) is 0 Å². The lowest BCUT2D eigenvalue weighted by molar-refractivity contribution is 0.0696. The van der Waals surface area contributed by atoms with Gasteiger partial charge in [-0.25, -0.2) is 9.78 Å². The summed E-state index contributed by atoms with van der Waals surface area (Å²) in [5, 5.41) is 13.9. The summed E-state index contributed by atoms with van der Waals surface area (Å²) in [6.45, 7) is 0. The number of nitrogens with one attached hydrogen (secondary N) is 2. The van der Waals surface area contributed by atoms with Crippen molar-refractivity contribution in [3.8, 4) is 11.4 Å². The first-order valence-corrected chi connectivity index (χ1v) is 22.7. The van der Waals surface area contributed by atoms with E-state index in [9.17, 15) is 24.0 Å². The minimum Gasteiger partial charge on any atom is -0.478 e. The number of carbonyl (C=O) groups excluding carboxylic acids is 3. The molecule has 9 N–H and O–H groups in total. The summed E-state index contributed by atoms with van der Waals surface area (Å²) in [5.41, 5.74) is 19.5. The van der Waals surface area contributed by atoms with Crippen LogP contribution in [0.25, 0.3) is 55.4 Å². The molecule has 0 aliphatic heterocycles. The molecule has 0 saturated carbocycles. The van der Waals surface area contributed by atoms with Gasteiger partial charge in [-0.15, -0.1) is 0 Å². The first kappa shape index (κ1) is 49.8. The summed E-state index contributed by atoms with van der Waals surface area (Å²) in [7, 11) is 0. The van der Waals surface area contributed by atoms with Crippen molar-refractivity contribution in [3.05, 3.63) is 171 Å². The van der Waals surface area contributed by atoms with E-state index < -0.39 is 23.7 Å². The molecule has 18 nitrogen and oxygen atoms in total. The molecule has 0 radical (unpaired) electrons. The number of furan rings is 3. The molecule has 348 valence electrons. The van der Waals surface area contributed by atoms with E-state index >= 15 is 0 Å². The lowest BCUT2D eigenvalue weighted by Crippen LogP contribution is -2.17. The molecule has 10 rings (SSSR count). The van der Waals surface area contributed by atoms with Crippen LogP contribution in [0.2, 0.25) is 15.1 Å². The number of hydrogen-bond donors (Lipinski definition) is 6. The molecule has 24 heteroatoms. The number of aromatic carboxylic acids is 1. The van der Waals surface area contributed by atoms with E-state index in [4.69, 9.17) is 70.4 Å². The van der Waals surface area contributed by atoms with Gasteiger partial charge in [0.15, 0.2) is 0 Å². The van der Waals surface area contributed by atoms with Crippen LogP contribution in [-0.4, -0.2) is 53.7 Å². The molecule has 0 atom stereocenters. The van der Waals surface area contributed by atoms with Crippen molar-refractivity contribution in [3.63, 3.8) is 0 Å². The SMILES string of the molecule is NC(=O)c1oc2ccc(Br)cc2c1N.NC(=O)c1oc2ccc(Br)cc2c1NC(=O)c1ccncc1Cl.O=C(O)c1ccncc1Cl.O=c1[nH]c(-c2ccncc2Cl)nc2c1oc1ccc(Br)cc12. The molecule has 3 amide bonds. The normalized spacial score (nSPS) is 10.7. The van der Waals surface area contributed by atoms with Crippen molar-refractivity contribution in [1.82, 2.24) is 24.9 Å². The predicted octanol–water partition coefficient (Wildman–Crippen LogP) is 11.1. The quantitative estimate of drug-likeness (QED) is 0.0902.